The highest BCUT2D eigenvalue weighted by Gasteiger charge is 2.13. The molecule has 0 radical (unpaired) electrons. The Bertz CT molecular complexity index is 363. The van der Waals surface area contributed by atoms with Gasteiger partial charge in [-0.25, -0.2) is 0 Å². The lowest BCUT2D eigenvalue weighted by atomic mass is 10.1. The first kappa shape index (κ1) is 13.6. The second-order valence-electron chi connectivity index (χ2n) is 3.96. The molecule has 2 unspecified atom stereocenters. The topological polar surface area (TPSA) is 12.0 Å². The molecular formula is C13H17Cl2N. The minimum atomic E-state index is 0.182. The molecule has 1 nitrogen and oxygen atoms in total. The zero-order chi connectivity index (χ0) is 12.1. The monoisotopic (exact) mass is 257 g/mol. The van der Waals surface area contributed by atoms with Crippen LogP contribution in [0.4, 0.5) is 0 Å². The lowest BCUT2D eigenvalue weighted by Gasteiger charge is -2.20. The van der Waals surface area contributed by atoms with Crippen molar-refractivity contribution in [3.05, 3.63) is 46.5 Å². The van der Waals surface area contributed by atoms with Gasteiger partial charge in [0.15, 0.2) is 0 Å². The van der Waals surface area contributed by atoms with Crippen molar-refractivity contribution in [3.63, 3.8) is 0 Å². The predicted molar refractivity (Wildman–Crippen MR) is 72.3 cm³/mol. The Morgan fingerprint density at radius 2 is 2.06 bits per heavy atom. The maximum absolute atomic E-state index is 6.16. The van der Waals surface area contributed by atoms with Gasteiger partial charge >= 0.3 is 0 Å². The van der Waals surface area contributed by atoms with E-state index in [4.69, 9.17) is 23.2 Å². The molecule has 0 aliphatic carbocycles. The van der Waals surface area contributed by atoms with Crippen LogP contribution in [0.3, 0.4) is 0 Å². The Labute approximate surface area is 107 Å². The Hall–Kier alpha value is -0.500. The molecule has 0 bridgehead atoms. The smallest absolute Gasteiger partial charge is 0.0639 e. The predicted octanol–water partition coefficient (Wildman–Crippen LogP) is 4.61. The molecule has 0 aliphatic heterocycles. The Kier molecular flexibility index (Phi) is 5.33. The third-order valence-corrected chi connectivity index (χ3v) is 3.34. The fraction of sp³-hybridized carbons (Fsp3) is 0.385. The Balaban J connectivity index is 2.76. The number of hydrogen-bond acceptors (Lipinski definition) is 1. The van der Waals surface area contributed by atoms with Crippen LogP contribution < -0.4 is 5.32 Å². The summed E-state index contributed by atoms with van der Waals surface area (Å²) in [5.41, 5.74) is 1.03. The van der Waals surface area contributed by atoms with Gasteiger partial charge in [-0.15, -0.1) is 6.58 Å². The Morgan fingerprint density at radius 3 is 2.69 bits per heavy atom. The molecule has 1 N–H and O–H groups in total. The average molecular weight is 258 g/mol. The van der Waals surface area contributed by atoms with E-state index < -0.39 is 0 Å². The second-order valence-corrected chi connectivity index (χ2v) is 4.74. The molecule has 0 heterocycles. The van der Waals surface area contributed by atoms with E-state index in [1.165, 1.54) is 0 Å². The van der Waals surface area contributed by atoms with Crippen molar-refractivity contribution in [2.24, 2.45) is 0 Å². The van der Waals surface area contributed by atoms with Crippen molar-refractivity contribution in [2.45, 2.75) is 32.4 Å². The quantitative estimate of drug-likeness (QED) is 0.760. The molecule has 0 aromatic heterocycles. The fourth-order valence-corrected chi connectivity index (χ4v) is 2.16. The third kappa shape index (κ3) is 3.51. The molecule has 0 amide bonds. The first-order chi connectivity index (χ1) is 7.56. The SMILES string of the molecule is C=CCC(C)NC(C)c1cccc(Cl)c1Cl. The maximum atomic E-state index is 6.16. The highest BCUT2D eigenvalue weighted by Crippen LogP contribution is 2.29. The lowest BCUT2D eigenvalue weighted by molar-refractivity contribution is 0.483. The number of hydrogen-bond donors (Lipinski definition) is 1. The largest absolute Gasteiger partial charge is 0.307 e. The minimum absolute atomic E-state index is 0.182. The molecule has 0 saturated heterocycles. The fourth-order valence-electron chi connectivity index (χ4n) is 1.69. The van der Waals surface area contributed by atoms with E-state index in [-0.39, 0.29) is 6.04 Å². The van der Waals surface area contributed by atoms with Crippen LogP contribution in [0, 0.1) is 0 Å². The molecule has 1 aromatic rings. The van der Waals surface area contributed by atoms with Gasteiger partial charge < -0.3 is 5.32 Å². The number of benzene rings is 1. The molecule has 0 saturated carbocycles. The maximum Gasteiger partial charge on any atom is 0.0639 e. The number of rotatable bonds is 5. The summed E-state index contributed by atoms with van der Waals surface area (Å²) in [7, 11) is 0. The zero-order valence-electron chi connectivity index (χ0n) is 9.63. The summed E-state index contributed by atoms with van der Waals surface area (Å²) < 4.78 is 0. The van der Waals surface area contributed by atoms with Gasteiger partial charge in [-0.1, -0.05) is 41.4 Å². The van der Waals surface area contributed by atoms with Gasteiger partial charge in [0.05, 0.1) is 10.0 Å². The standard InChI is InChI=1S/C13H17Cl2N/c1-4-6-9(2)16-10(3)11-7-5-8-12(14)13(11)15/h4-5,7-10,16H,1,6H2,2-3H3. The van der Waals surface area contributed by atoms with Crippen LogP contribution in [0.2, 0.25) is 10.0 Å². The minimum Gasteiger partial charge on any atom is -0.307 e. The van der Waals surface area contributed by atoms with Crippen molar-refractivity contribution >= 4 is 23.2 Å². The van der Waals surface area contributed by atoms with E-state index in [1.807, 2.05) is 18.2 Å². The number of halogens is 2. The highest BCUT2D eigenvalue weighted by atomic mass is 35.5. The van der Waals surface area contributed by atoms with Crippen LogP contribution in [0.5, 0.6) is 0 Å². The first-order valence-corrected chi connectivity index (χ1v) is 6.12. The molecule has 88 valence electrons. The third-order valence-electron chi connectivity index (χ3n) is 2.50. The van der Waals surface area contributed by atoms with Gasteiger partial charge in [-0.3, -0.25) is 0 Å². The van der Waals surface area contributed by atoms with E-state index >= 15 is 0 Å². The van der Waals surface area contributed by atoms with E-state index in [0.717, 1.165) is 12.0 Å². The zero-order valence-corrected chi connectivity index (χ0v) is 11.1. The van der Waals surface area contributed by atoms with E-state index in [2.05, 4.69) is 25.7 Å². The summed E-state index contributed by atoms with van der Waals surface area (Å²) in [6, 6.07) is 6.27. The molecule has 0 fully saturated rings. The van der Waals surface area contributed by atoms with Gasteiger partial charge in [0.1, 0.15) is 0 Å². The van der Waals surface area contributed by atoms with Gasteiger partial charge in [0.2, 0.25) is 0 Å². The summed E-state index contributed by atoms with van der Waals surface area (Å²) in [6.45, 7) is 7.93. The summed E-state index contributed by atoms with van der Waals surface area (Å²) in [6.07, 6.45) is 2.84. The molecular weight excluding hydrogens is 241 g/mol. The van der Waals surface area contributed by atoms with Crippen molar-refractivity contribution in [1.82, 2.24) is 5.32 Å². The highest BCUT2D eigenvalue weighted by molar-refractivity contribution is 6.42. The molecule has 3 heteroatoms. The van der Waals surface area contributed by atoms with E-state index in [1.54, 1.807) is 6.07 Å². The molecule has 1 aromatic carbocycles. The second kappa shape index (κ2) is 6.29. The number of nitrogens with one attached hydrogen (secondary N) is 1. The van der Waals surface area contributed by atoms with E-state index in [9.17, 15) is 0 Å². The van der Waals surface area contributed by atoms with Crippen LogP contribution in [0.15, 0.2) is 30.9 Å². The normalized spacial score (nSPS) is 14.5. The van der Waals surface area contributed by atoms with Crippen LogP contribution in [-0.2, 0) is 0 Å². The van der Waals surface area contributed by atoms with Gasteiger partial charge in [0, 0.05) is 12.1 Å². The molecule has 0 aliphatic rings. The summed E-state index contributed by atoms with van der Waals surface area (Å²) >= 11 is 12.1. The lowest BCUT2D eigenvalue weighted by Crippen LogP contribution is -2.28. The van der Waals surface area contributed by atoms with Gasteiger partial charge in [-0.05, 0) is 31.9 Å². The van der Waals surface area contributed by atoms with Crippen LogP contribution in [0.1, 0.15) is 31.9 Å². The van der Waals surface area contributed by atoms with Crippen molar-refractivity contribution in [2.75, 3.05) is 0 Å². The summed E-state index contributed by atoms with van der Waals surface area (Å²) in [4.78, 5) is 0. The van der Waals surface area contributed by atoms with Crippen molar-refractivity contribution in [3.8, 4) is 0 Å². The molecule has 0 spiro atoms. The average Bonchev–Trinajstić information content (AvgIpc) is 2.22. The van der Waals surface area contributed by atoms with Crippen molar-refractivity contribution < 1.29 is 0 Å². The van der Waals surface area contributed by atoms with Crippen LogP contribution >= 0.6 is 23.2 Å². The summed E-state index contributed by atoms with van der Waals surface area (Å²) in [5.74, 6) is 0. The molecule has 1 rings (SSSR count). The van der Waals surface area contributed by atoms with Gasteiger partial charge in [0.25, 0.3) is 0 Å². The van der Waals surface area contributed by atoms with Gasteiger partial charge in [-0.2, -0.15) is 0 Å². The van der Waals surface area contributed by atoms with Crippen LogP contribution in [-0.4, -0.2) is 6.04 Å². The molecule has 2 atom stereocenters. The molecule has 16 heavy (non-hydrogen) atoms. The Morgan fingerprint density at radius 1 is 1.38 bits per heavy atom. The first-order valence-electron chi connectivity index (χ1n) is 5.37. The van der Waals surface area contributed by atoms with Crippen molar-refractivity contribution in [1.29, 1.82) is 0 Å². The van der Waals surface area contributed by atoms with Crippen LogP contribution in [0.25, 0.3) is 0 Å². The summed E-state index contributed by atoms with van der Waals surface area (Å²) in [5, 5.41) is 4.69. The van der Waals surface area contributed by atoms with E-state index in [0.29, 0.717) is 16.1 Å².